The van der Waals surface area contributed by atoms with Gasteiger partial charge in [0.05, 0.1) is 16.3 Å². The van der Waals surface area contributed by atoms with Gasteiger partial charge < -0.3 is 9.80 Å². The van der Waals surface area contributed by atoms with Crippen molar-refractivity contribution in [2.45, 2.75) is 13.8 Å². The first-order valence-corrected chi connectivity index (χ1v) is 11.6. The normalized spacial score (nSPS) is 14.4. The van der Waals surface area contributed by atoms with E-state index in [4.69, 9.17) is 16.7 Å². The number of anilines is 1. The molecule has 5 nitrogen and oxygen atoms in total. The average molecular weight is 451 g/mol. The van der Waals surface area contributed by atoms with E-state index in [9.17, 15) is 4.79 Å². The first-order valence-electron chi connectivity index (χ1n) is 10.4. The maximum atomic E-state index is 13.3. The summed E-state index contributed by atoms with van der Waals surface area (Å²) in [5.74, 6) is 0.104. The quantitative estimate of drug-likeness (QED) is 0.424. The molecule has 1 aliphatic rings. The molecule has 7 heteroatoms. The number of nitrogens with zero attached hydrogens (tertiary/aromatic N) is 4. The second-order valence-corrected chi connectivity index (χ2v) is 9.34. The molecule has 3 heterocycles. The molecule has 4 aromatic rings. The van der Waals surface area contributed by atoms with Crippen LogP contribution in [0, 0.1) is 13.8 Å². The third kappa shape index (κ3) is 3.70. The van der Waals surface area contributed by atoms with Crippen molar-refractivity contribution in [3.63, 3.8) is 0 Å². The number of aromatic nitrogens is 2. The molecule has 0 radical (unpaired) electrons. The zero-order valence-corrected chi connectivity index (χ0v) is 19.1. The van der Waals surface area contributed by atoms with Crippen molar-refractivity contribution < 1.29 is 4.79 Å². The molecule has 0 aliphatic carbocycles. The summed E-state index contributed by atoms with van der Waals surface area (Å²) >= 11 is 7.53. The second kappa shape index (κ2) is 8.02. The van der Waals surface area contributed by atoms with Gasteiger partial charge in [-0.25, -0.2) is 4.68 Å². The highest BCUT2D eigenvalue weighted by Gasteiger charge is 2.25. The van der Waals surface area contributed by atoms with Gasteiger partial charge in [0.25, 0.3) is 5.91 Å². The average Bonchev–Trinajstić information content (AvgIpc) is 3.35. The maximum absolute atomic E-state index is 13.3. The third-order valence-electron chi connectivity index (χ3n) is 5.86. The number of carbonyl (C=O) groups is 1. The number of benzene rings is 2. The van der Waals surface area contributed by atoms with Crippen LogP contribution < -0.4 is 4.90 Å². The van der Waals surface area contributed by atoms with E-state index < -0.39 is 0 Å². The first-order chi connectivity index (χ1) is 15.0. The van der Waals surface area contributed by atoms with Crippen LogP contribution in [0.3, 0.4) is 0 Å². The van der Waals surface area contributed by atoms with Gasteiger partial charge in [-0.2, -0.15) is 5.10 Å². The Kier molecular flexibility index (Phi) is 5.20. The summed E-state index contributed by atoms with van der Waals surface area (Å²) < 4.78 is 1.97. The number of carbonyl (C=O) groups excluding carboxylic acids is 1. The van der Waals surface area contributed by atoms with Crippen molar-refractivity contribution in [2.75, 3.05) is 31.1 Å². The van der Waals surface area contributed by atoms with Gasteiger partial charge in [0, 0.05) is 42.3 Å². The summed E-state index contributed by atoms with van der Waals surface area (Å²) in [6.07, 6.45) is 0. The molecule has 158 valence electrons. The van der Waals surface area contributed by atoms with Crippen LogP contribution >= 0.6 is 22.9 Å². The molecule has 0 spiro atoms. The summed E-state index contributed by atoms with van der Waals surface area (Å²) in [4.78, 5) is 19.3. The lowest BCUT2D eigenvalue weighted by Gasteiger charge is -2.36. The number of halogens is 1. The van der Waals surface area contributed by atoms with E-state index in [1.54, 1.807) is 0 Å². The summed E-state index contributed by atoms with van der Waals surface area (Å²) in [6, 6.07) is 18.1. The fourth-order valence-corrected chi connectivity index (χ4v) is 5.36. The fourth-order valence-electron chi connectivity index (χ4n) is 4.09. The number of para-hydroxylation sites is 1. The van der Waals surface area contributed by atoms with E-state index in [-0.39, 0.29) is 5.91 Å². The predicted molar refractivity (Wildman–Crippen MR) is 128 cm³/mol. The predicted octanol–water partition coefficient (Wildman–Crippen LogP) is 5.32. The lowest BCUT2D eigenvalue weighted by molar-refractivity contribution is 0.0751. The van der Waals surface area contributed by atoms with Crippen LogP contribution in [-0.2, 0) is 0 Å². The summed E-state index contributed by atoms with van der Waals surface area (Å²) in [5, 5.41) is 6.52. The number of hydrogen-bond donors (Lipinski definition) is 0. The Morgan fingerprint density at radius 2 is 1.71 bits per heavy atom. The standard InChI is InChI=1S/C24H23ClN4OS/c1-16-5-3-4-6-21(16)29-24-20(17(2)26-29)15-22(31-24)23(30)28-13-11-27(12-14-28)19-9-7-18(25)8-10-19/h3-10,15H,11-14H2,1-2H3. The molecule has 2 aromatic heterocycles. The summed E-state index contributed by atoms with van der Waals surface area (Å²) in [5.41, 5.74) is 4.30. The summed E-state index contributed by atoms with van der Waals surface area (Å²) in [6.45, 7) is 7.13. The Morgan fingerprint density at radius 3 is 2.42 bits per heavy atom. The Hall–Kier alpha value is -2.83. The Bertz CT molecular complexity index is 1250. The van der Waals surface area contributed by atoms with Gasteiger partial charge >= 0.3 is 0 Å². The molecular weight excluding hydrogens is 428 g/mol. The molecule has 1 amide bonds. The number of thiophene rings is 1. The Balaban J connectivity index is 1.37. The van der Waals surface area contributed by atoms with Crippen LogP contribution in [-0.4, -0.2) is 46.8 Å². The largest absolute Gasteiger partial charge is 0.368 e. The van der Waals surface area contributed by atoms with E-state index in [2.05, 4.69) is 24.0 Å². The van der Waals surface area contributed by atoms with E-state index in [0.29, 0.717) is 13.1 Å². The van der Waals surface area contributed by atoms with E-state index in [1.165, 1.54) is 11.3 Å². The van der Waals surface area contributed by atoms with Crippen LogP contribution in [0.1, 0.15) is 20.9 Å². The van der Waals surface area contributed by atoms with Gasteiger partial charge in [-0.3, -0.25) is 4.79 Å². The van der Waals surface area contributed by atoms with Crippen LogP contribution in [0.15, 0.2) is 54.6 Å². The van der Waals surface area contributed by atoms with Crippen LogP contribution in [0.5, 0.6) is 0 Å². The van der Waals surface area contributed by atoms with Crippen molar-refractivity contribution in [3.05, 3.63) is 75.8 Å². The maximum Gasteiger partial charge on any atom is 0.264 e. The Labute approximate surface area is 190 Å². The van der Waals surface area contributed by atoms with Crippen molar-refractivity contribution in [2.24, 2.45) is 0 Å². The number of aryl methyl sites for hydroxylation is 2. The molecule has 0 bridgehead atoms. The molecule has 5 rings (SSSR count). The zero-order chi connectivity index (χ0) is 21.5. The number of fused-ring (bicyclic) bond motifs is 1. The van der Waals surface area contributed by atoms with Crippen molar-refractivity contribution in [3.8, 4) is 5.69 Å². The number of hydrogen-bond acceptors (Lipinski definition) is 4. The van der Waals surface area contributed by atoms with Gasteiger partial charge in [-0.05, 0) is 55.8 Å². The fraction of sp³-hybridized carbons (Fsp3) is 0.250. The van der Waals surface area contributed by atoms with Gasteiger partial charge in [0.15, 0.2) is 0 Å². The first kappa shape index (κ1) is 20.1. The molecular formula is C24H23ClN4OS. The lowest BCUT2D eigenvalue weighted by atomic mass is 10.2. The van der Waals surface area contributed by atoms with Crippen LogP contribution in [0.4, 0.5) is 5.69 Å². The highest BCUT2D eigenvalue weighted by atomic mass is 35.5. The lowest BCUT2D eigenvalue weighted by Crippen LogP contribution is -2.48. The molecule has 1 saturated heterocycles. The molecule has 0 N–H and O–H groups in total. The highest BCUT2D eigenvalue weighted by molar-refractivity contribution is 7.20. The van der Waals surface area contributed by atoms with Crippen molar-refractivity contribution in [1.29, 1.82) is 0 Å². The van der Waals surface area contributed by atoms with Crippen molar-refractivity contribution >= 4 is 44.7 Å². The van der Waals surface area contributed by atoms with Gasteiger partial charge in [0.1, 0.15) is 4.83 Å². The minimum atomic E-state index is 0.104. The van der Waals surface area contributed by atoms with E-state index >= 15 is 0 Å². The number of piperazine rings is 1. The number of rotatable bonds is 3. The second-order valence-electron chi connectivity index (χ2n) is 7.87. The molecule has 2 aromatic carbocycles. The topological polar surface area (TPSA) is 41.4 Å². The molecule has 0 atom stereocenters. The highest BCUT2D eigenvalue weighted by Crippen LogP contribution is 2.32. The molecule has 1 aliphatic heterocycles. The zero-order valence-electron chi connectivity index (χ0n) is 17.5. The molecule has 31 heavy (non-hydrogen) atoms. The van der Waals surface area contributed by atoms with Gasteiger partial charge in [-0.15, -0.1) is 11.3 Å². The molecule has 1 fully saturated rings. The SMILES string of the molecule is Cc1ccccc1-n1nc(C)c2cc(C(=O)N3CCN(c4ccc(Cl)cc4)CC3)sc21. The summed E-state index contributed by atoms with van der Waals surface area (Å²) in [7, 11) is 0. The monoisotopic (exact) mass is 450 g/mol. The number of amides is 1. The molecule has 0 unspecified atom stereocenters. The van der Waals surface area contributed by atoms with Gasteiger partial charge in [0.2, 0.25) is 0 Å². The molecule has 0 saturated carbocycles. The van der Waals surface area contributed by atoms with E-state index in [1.807, 2.05) is 59.0 Å². The minimum Gasteiger partial charge on any atom is -0.368 e. The van der Waals surface area contributed by atoms with Gasteiger partial charge in [-0.1, -0.05) is 29.8 Å². The Morgan fingerprint density at radius 1 is 1.00 bits per heavy atom. The smallest absolute Gasteiger partial charge is 0.264 e. The minimum absolute atomic E-state index is 0.104. The van der Waals surface area contributed by atoms with Crippen LogP contribution in [0.2, 0.25) is 5.02 Å². The van der Waals surface area contributed by atoms with Crippen LogP contribution in [0.25, 0.3) is 15.9 Å². The van der Waals surface area contributed by atoms with Crippen molar-refractivity contribution in [1.82, 2.24) is 14.7 Å². The third-order valence-corrected chi connectivity index (χ3v) is 7.21. The van der Waals surface area contributed by atoms with E-state index in [0.717, 1.165) is 55.8 Å².